The quantitative estimate of drug-likeness (QED) is 0.467. The molecule has 0 saturated heterocycles. The molecule has 2 atom stereocenters. The average Bonchev–Trinajstić information content (AvgIpc) is 2.83. The van der Waals surface area contributed by atoms with Gasteiger partial charge in [-0.1, -0.05) is 13.3 Å². The van der Waals surface area contributed by atoms with E-state index >= 15 is 0 Å². The third-order valence-electron chi connectivity index (χ3n) is 3.75. The highest BCUT2D eigenvalue weighted by atomic mass is 32.2. The second kappa shape index (κ2) is 10.4. The molecule has 0 aromatic heterocycles. The summed E-state index contributed by atoms with van der Waals surface area (Å²) in [6.07, 6.45) is 3.66. The highest BCUT2D eigenvalue weighted by Gasteiger charge is 2.30. The van der Waals surface area contributed by atoms with Gasteiger partial charge in [0.15, 0.2) is 11.6 Å². The molecule has 6 nitrogen and oxygen atoms in total. The highest BCUT2D eigenvalue weighted by molar-refractivity contribution is 8.00. The van der Waals surface area contributed by atoms with Crippen molar-refractivity contribution in [2.75, 3.05) is 12.3 Å². The van der Waals surface area contributed by atoms with Crippen LogP contribution in [0, 0.1) is 0 Å². The predicted octanol–water partition coefficient (Wildman–Crippen LogP) is 1.86. The minimum absolute atomic E-state index is 0.0112. The number of carbonyl (C=O) groups is 4. The molecule has 1 aliphatic rings. The molecule has 1 aliphatic carbocycles. The van der Waals surface area contributed by atoms with Crippen molar-refractivity contribution in [2.24, 2.45) is 0 Å². The summed E-state index contributed by atoms with van der Waals surface area (Å²) in [5.74, 6) is 0.988. The number of thioether (sulfide) groups is 1. The maximum absolute atomic E-state index is 11.6. The molecule has 0 radical (unpaired) electrons. The van der Waals surface area contributed by atoms with Gasteiger partial charge in [-0.25, -0.2) is 4.79 Å². The van der Waals surface area contributed by atoms with E-state index in [-0.39, 0.29) is 35.1 Å². The Morgan fingerprint density at radius 2 is 2.00 bits per heavy atom. The second-order valence-corrected chi connectivity index (χ2v) is 7.06. The minimum Gasteiger partial charge on any atom is -0.338 e. The number of unbranched alkanes of at least 4 members (excludes halogenated alkanes) is 2. The lowest BCUT2D eigenvalue weighted by atomic mass is 10.2. The Labute approximate surface area is 141 Å². The van der Waals surface area contributed by atoms with Gasteiger partial charge in [-0.15, -0.1) is 0 Å². The second-order valence-electron chi connectivity index (χ2n) is 5.75. The van der Waals surface area contributed by atoms with Gasteiger partial charge in [-0.2, -0.15) is 11.8 Å². The number of urea groups is 1. The van der Waals surface area contributed by atoms with Crippen LogP contribution in [0.3, 0.4) is 0 Å². The van der Waals surface area contributed by atoms with Gasteiger partial charge >= 0.3 is 6.03 Å². The normalized spacial score (nSPS) is 18.8. The molecule has 0 aliphatic heterocycles. The standard InChI is InChI=1S/C16H26N2O4S/c1-3-13(20)11(2)18-16(22)17-7-5-4-6-8-23-15-10-12(19)9-14(15)21/h11,15H,3-10H2,1-2H3,(H2,17,18,22)/t11-,15?/m1/s1. The summed E-state index contributed by atoms with van der Waals surface area (Å²) in [6.45, 7) is 4.01. The summed E-state index contributed by atoms with van der Waals surface area (Å²) >= 11 is 1.57. The molecule has 7 heteroatoms. The molecule has 0 bridgehead atoms. The number of rotatable bonds is 10. The number of nitrogens with one attached hydrogen (secondary N) is 2. The first-order valence-electron chi connectivity index (χ1n) is 8.17. The van der Waals surface area contributed by atoms with Crippen LogP contribution in [-0.2, 0) is 14.4 Å². The zero-order valence-electron chi connectivity index (χ0n) is 13.9. The fourth-order valence-electron chi connectivity index (χ4n) is 2.32. The van der Waals surface area contributed by atoms with E-state index < -0.39 is 6.04 Å². The Kier molecular flexibility index (Phi) is 8.91. The lowest BCUT2D eigenvalue weighted by Crippen LogP contribution is -2.44. The van der Waals surface area contributed by atoms with Gasteiger partial charge in [0.05, 0.1) is 17.7 Å². The summed E-state index contributed by atoms with van der Waals surface area (Å²) in [4.78, 5) is 45.5. The van der Waals surface area contributed by atoms with Crippen LogP contribution in [0.2, 0.25) is 0 Å². The van der Waals surface area contributed by atoms with E-state index in [2.05, 4.69) is 10.6 Å². The minimum atomic E-state index is -0.456. The van der Waals surface area contributed by atoms with Crippen LogP contribution < -0.4 is 10.6 Å². The summed E-state index contributed by atoms with van der Waals surface area (Å²) in [7, 11) is 0. The monoisotopic (exact) mass is 342 g/mol. The number of hydrogen-bond acceptors (Lipinski definition) is 5. The zero-order chi connectivity index (χ0) is 17.2. The maximum atomic E-state index is 11.6. The van der Waals surface area contributed by atoms with E-state index in [1.807, 2.05) is 0 Å². The topological polar surface area (TPSA) is 92.3 Å². The first-order valence-corrected chi connectivity index (χ1v) is 9.22. The molecule has 0 heterocycles. The average molecular weight is 342 g/mol. The molecule has 0 aromatic carbocycles. The molecule has 1 saturated carbocycles. The summed E-state index contributed by atoms with van der Waals surface area (Å²) < 4.78 is 0. The van der Waals surface area contributed by atoms with Gasteiger partial charge in [0, 0.05) is 19.4 Å². The number of ketones is 3. The predicted molar refractivity (Wildman–Crippen MR) is 90.6 cm³/mol. The van der Waals surface area contributed by atoms with Gasteiger partial charge in [-0.3, -0.25) is 14.4 Å². The number of carbonyl (C=O) groups excluding carboxylic acids is 4. The number of hydrogen-bond donors (Lipinski definition) is 2. The first kappa shape index (κ1) is 19.7. The van der Waals surface area contributed by atoms with Crippen molar-refractivity contribution in [3.63, 3.8) is 0 Å². The summed E-state index contributed by atoms with van der Waals surface area (Å²) in [5, 5.41) is 5.20. The van der Waals surface area contributed by atoms with Crippen molar-refractivity contribution in [1.82, 2.24) is 10.6 Å². The van der Waals surface area contributed by atoms with E-state index in [1.54, 1.807) is 25.6 Å². The maximum Gasteiger partial charge on any atom is 0.315 e. The molecule has 2 N–H and O–H groups in total. The Balaban J connectivity index is 1.99. The van der Waals surface area contributed by atoms with E-state index in [4.69, 9.17) is 0 Å². The number of Topliss-reactive ketones (excluding diaryl/α,β-unsaturated/α-hetero) is 3. The van der Waals surface area contributed by atoms with Crippen molar-refractivity contribution in [3.05, 3.63) is 0 Å². The van der Waals surface area contributed by atoms with Crippen LogP contribution in [0.1, 0.15) is 52.4 Å². The number of amides is 2. The molecule has 130 valence electrons. The van der Waals surface area contributed by atoms with Crippen LogP contribution in [0.15, 0.2) is 0 Å². The zero-order valence-corrected chi connectivity index (χ0v) is 14.7. The lowest BCUT2D eigenvalue weighted by molar-refractivity contribution is -0.122. The van der Waals surface area contributed by atoms with Crippen molar-refractivity contribution in [1.29, 1.82) is 0 Å². The Morgan fingerprint density at radius 3 is 2.61 bits per heavy atom. The van der Waals surface area contributed by atoms with Crippen molar-refractivity contribution in [3.8, 4) is 0 Å². The van der Waals surface area contributed by atoms with Gasteiger partial charge in [0.25, 0.3) is 0 Å². The van der Waals surface area contributed by atoms with Crippen molar-refractivity contribution in [2.45, 2.75) is 63.7 Å². The van der Waals surface area contributed by atoms with Crippen LogP contribution in [0.25, 0.3) is 0 Å². The molecule has 23 heavy (non-hydrogen) atoms. The SMILES string of the molecule is CCC(=O)[C@@H](C)NC(=O)NCCCCCSC1CC(=O)CC1=O. The lowest BCUT2D eigenvalue weighted by Gasteiger charge is -2.12. The fourth-order valence-corrected chi connectivity index (χ4v) is 3.55. The van der Waals surface area contributed by atoms with Crippen LogP contribution in [-0.4, -0.2) is 47.0 Å². The van der Waals surface area contributed by atoms with Crippen LogP contribution >= 0.6 is 11.8 Å². The molecule has 1 rings (SSSR count). The van der Waals surface area contributed by atoms with E-state index in [0.29, 0.717) is 19.4 Å². The van der Waals surface area contributed by atoms with Crippen LogP contribution in [0.5, 0.6) is 0 Å². The Morgan fingerprint density at radius 1 is 1.26 bits per heavy atom. The fraction of sp³-hybridized carbons (Fsp3) is 0.750. The molecule has 0 spiro atoms. The van der Waals surface area contributed by atoms with Crippen molar-refractivity contribution >= 4 is 35.1 Å². The van der Waals surface area contributed by atoms with Gasteiger partial charge < -0.3 is 10.6 Å². The van der Waals surface area contributed by atoms with Gasteiger partial charge in [0.1, 0.15) is 5.78 Å². The largest absolute Gasteiger partial charge is 0.338 e. The van der Waals surface area contributed by atoms with Gasteiger partial charge in [0.2, 0.25) is 0 Å². The molecule has 2 amide bonds. The molecular weight excluding hydrogens is 316 g/mol. The molecular formula is C16H26N2O4S. The molecule has 1 fully saturated rings. The summed E-state index contributed by atoms with van der Waals surface area (Å²) in [5.41, 5.74) is 0. The van der Waals surface area contributed by atoms with E-state index in [1.165, 1.54) is 0 Å². The first-order chi connectivity index (χ1) is 10.9. The van der Waals surface area contributed by atoms with Crippen molar-refractivity contribution < 1.29 is 19.2 Å². The Hall–Kier alpha value is -1.37. The highest BCUT2D eigenvalue weighted by Crippen LogP contribution is 2.25. The Bertz CT molecular complexity index is 453. The summed E-state index contributed by atoms with van der Waals surface area (Å²) in [6, 6.07) is -0.771. The third-order valence-corrected chi connectivity index (χ3v) is 5.10. The molecule has 0 aromatic rings. The van der Waals surface area contributed by atoms with Gasteiger partial charge in [-0.05, 0) is 25.5 Å². The van der Waals surface area contributed by atoms with Crippen LogP contribution in [0.4, 0.5) is 4.79 Å². The smallest absolute Gasteiger partial charge is 0.315 e. The van der Waals surface area contributed by atoms with E-state index in [0.717, 1.165) is 25.0 Å². The van der Waals surface area contributed by atoms with E-state index in [9.17, 15) is 19.2 Å². The molecule has 1 unspecified atom stereocenters. The third kappa shape index (κ3) is 7.63.